The number of piperidine rings is 1. The smallest absolute Gasteiger partial charge is 0.292 e. The van der Waals surface area contributed by atoms with Crippen LogP contribution in [0.3, 0.4) is 0 Å². The Balaban J connectivity index is 1.36. The fourth-order valence-electron chi connectivity index (χ4n) is 4.64. The van der Waals surface area contributed by atoms with E-state index in [2.05, 4.69) is 10.2 Å². The van der Waals surface area contributed by atoms with E-state index in [1.807, 2.05) is 4.90 Å². The number of para-hydroxylation sites is 2. The molecule has 9 heteroatoms. The molecule has 0 aromatic heterocycles. The van der Waals surface area contributed by atoms with Crippen LogP contribution in [0.4, 0.5) is 15.8 Å². The van der Waals surface area contributed by atoms with E-state index in [0.29, 0.717) is 51.4 Å². The lowest BCUT2D eigenvalue weighted by atomic mass is 9.95. The summed E-state index contributed by atoms with van der Waals surface area (Å²) in [6.45, 7) is 4.40. The molecular weight excluding hydrogens is 427 g/mol. The average Bonchev–Trinajstić information content (AvgIpc) is 2.86. The number of hydrogen-bond acceptors (Lipinski definition) is 6. The van der Waals surface area contributed by atoms with Gasteiger partial charge < -0.3 is 15.0 Å². The van der Waals surface area contributed by atoms with Gasteiger partial charge in [0.05, 0.1) is 24.2 Å². The molecule has 0 spiro atoms. The van der Waals surface area contributed by atoms with E-state index >= 15 is 0 Å². The molecule has 2 fully saturated rings. The Hall–Kier alpha value is -3.04. The molecule has 2 saturated heterocycles. The number of hydrogen-bond donors (Lipinski definition) is 1. The van der Waals surface area contributed by atoms with Crippen molar-refractivity contribution in [1.29, 1.82) is 0 Å². The van der Waals surface area contributed by atoms with Gasteiger partial charge in [-0.15, -0.1) is 0 Å². The third-order valence-electron chi connectivity index (χ3n) is 6.50. The number of benzene rings is 2. The van der Waals surface area contributed by atoms with Gasteiger partial charge in [-0.25, -0.2) is 4.39 Å². The van der Waals surface area contributed by atoms with Crippen molar-refractivity contribution < 1.29 is 18.8 Å². The molecule has 1 unspecified atom stereocenters. The number of ether oxygens (including phenoxy) is 1. The number of nitro groups is 1. The summed E-state index contributed by atoms with van der Waals surface area (Å²) in [7, 11) is 0. The molecule has 2 heterocycles. The number of rotatable bonds is 7. The number of anilines is 1. The first-order chi connectivity index (χ1) is 16.0. The van der Waals surface area contributed by atoms with Crippen LogP contribution in [-0.4, -0.2) is 61.7 Å². The zero-order valence-electron chi connectivity index (χ0n) is 18.5. The topological polar surface area (TPSA) is 88.0 Å². The molecule has 1 N–H and O–H groups in total. The fourth-order valence-corrected chi connectivity index (χ4v) is 4.64. The Morgan fingerprint density at radius 2 is 1.76 bits per heavy atom. The first-order valence-electron chi connectivity index (χ1n) is 11.4. The van der Waals surface area contributed by atoms with E-state index in [9.17, 15) is 19.3 Å². The molecule has 1 amide bonds. The Kier molecular flexibility index (Phi) is 7.51. The van der Waals surface area contributed by atoms with Gasteiger partial charge in [-0.2, -0.15) is 0 Å². The highest BCUT2D eigenvalue weighted by Gasteiger charge is 2.29. The first-order valence-corrected chi connectivity index (χ1v) is 11.4. The molecule has 8 nitrogen and oxygen atoms in total. The van der Waals surface area contributed by atoms with Crippen molar-refractivity contribution in [1.82, 2.24) is 10.2 Å². The minimum Gasteiger partial charge on any atom is -0.379 e. The van der Waals surface area contributed by atoms with Crippen molar-refractivity contribution >= 4 is 17.3 Å². The maximum atomic E-state index is 13.4. The maximum Gasteiger partial charge on any atom is 0.292 e. The SMILES string of the molecule is O=C(NCC(c1ccc(F)cc1)N1CCOCC1)C1CCN(c2ccccc2[N+](=O)[O-])CC1. The van der Waals surface area contributed by atoms with Crippen molar-refractivity contribution in [3.63, 3.8) is 0 Å². The summed E-state index contributed by atoms with van der Waals surface area (Å²) in [5.41, 5.74) is 1.66. The predicted molar refractivity (Wildman–Crippen MR) is 123 cm³/mol. The summed E-state index contributed by atoms with van der Waals surface area (Å²) < 4.78 is 18.9. The van der Waals surface area contributed by atoms with Crippen LogP contribution in [0, 0.1) is 21.8 Å². The summed E-state index contributed by atoms with van der Waals surface area (Å²) in [6.07, 6.45) is 1.27. The van der Waals surface area contributed by atoms with Crippen molar-refractivity contribution in [2.75, 3.05) is 50.8 Å². The molecule has 2 aliphatic heterocycles. The lowest BCUT2D eigenvalue weighted by Crippen LogP contribution is -2.46. The highest BCUT2D eigenvalue weighted by atomic mass is 19.1. The zero-order chi connectivity index (χ0) is 23.2. The van der Waals surface area contributed by atoms with Crippen LogP contribution >= 0.6 is 0 Å². The van der Waals surface area contributed by atoms with Gasteiger partial charge in [-0.1, -0.05) is 24.3 Å². The zero-order valence-corrected chi connectivity index (χ0v) is 18.5. The maximum absolute atomic E-state index is 13.4. The van der Waals surface area contributed by atoms with Gasteiger partial charge in [0.25, 0.3) is 5.69 Å². The van der Waals surface area contributed by atoms with Crippen LogP contribution in [0.1, 0.15) is 24.4 Å². The van der Waals surface area contributed by atoms with Crippen LogP contribution in [0.2, 0.25) is 0 Å². The van der Waals surface area contributed by atoms with Gasteiger partial charge >= 0.3 is 0 Å². The van der Waals surface area contributed by atoms with E-state index in [4.69, 9.17) is 4.74 Å². The van der Waals surface area contributed by atoms with Crippen LogP contribution in [0.5, 0.6) is 0 Å². The molecule has 0 aliphatic carbocycles. The number of nitrogens with zero attached hydrogens (tertiary/aromatic N) is 3. The highest BCUT2D eigenvalue weighted by Crippen LogP contribution is 2.31. The molecule has 2 aromatic carbocycles. The molecule has 2 aliphatic rings. The quantitative estimate of drug-likeness (QED) is 0.509. The summed E-state index contributed by atoms with van der Waals surface area (Å²) in [5.74, 6) is -0.422. The monoisotopic (exact) mass is 456 g/mol. The predicted octanol–water partition coefficient (Wildman–Crippen LogP) is 3.14. The summed E-state index contributed by atoms with van der Waals surface area (Å²) >= 11 is 0. The van der Waals surface area contributed by atoms with Crippen LogP contribution in [-0.2, 0) is 9.53 Å². The number of halogens is 1. The molecule has 2 aromatic rings. The van der Waals surface area contributed by atoms with Crippen LogP contribution in [0.15, 0.2) is 48.5 Å². The average molecular weight is 457 g/mol. The minimum atomic E-state index is -0.366. The standard InChI is InChI=1S/C24H29FN4O4/c25-20-7-5-18(6-8-20)23(28-13-15-33-16-14-28)17-26-24(30)19-9-11-27(12-10-19)21-3-1-2-4-22(21)29(31)32/h1-8,19,23H,9-17H2,(H,26,30). The summed E-state index contributed by atoms with van der Waals surface area (Å²) in [6, 6.07) is 13.1. The molecule has 1 atom stereocenters. The van der Waals surface area contributed by atoms with E-state index < -0.39 is 0 Å². The lowest BCUT2D eigenvalue weighted by molar-refractivity contribution is -0.384. The number of carbonyl (C=O) groups is 1. The first kappa shape index (κ1) is 23.1. The van der Waals surface area contributed by atoms with Gasteiger partial charge in [0.1, 0.15) is 11.5 Å². The largest absolute Gasteiger partial charge is 0.379 e. The summed E-state index contributed by atoms with van der Waals surface area (Å²) in [4.78, 5) is 28.2. The Morgan fingerprint density at radius 3 is 2.42 bits per heavy atom. The Bertz CT molecular complexity index is 957. The second kappa shape index (κ2) is 10.7. The van der Waals surface area contributed by atoms with E-state index in [-0.39, 0.29) is 34.3 Å². The van der Waals surface area contributed by atoms with Gasteiger partial charge in [0.2, 0.25) is 5.91 Å². The summed E-state index contributed by atoms with van der Waals surface area (Å²) in [5, 5.41) is 14.4. The van der Waals surface area contributed by atoms with Crippen molar-refractivity contribution in [3.05, 3.63) is 70.0 Å². The number of amides is 1. The van der Waals surface area contributed by atoms with Gasteiger partial charge in [0, 0.05) is 44.7 Å². The fraction of sp³-hybridized carbons (Fsp3) is 0.458. The highest BCUT2D eigenvalue weighted by molar-refractivity contribution is 5.79. The van der Waals surface area contributed by atoms with Crippen molar-refractivity contribution in [3.8, 4) is 0 Å². The Morgan fingerprint density at radius 1 is 1.09 bits per heavy atom. The van der Waals surface area contributed by atoms with E-state index in [1.54, 1.807) is 30.3 Å². The Labute approximate surface area is 192 Å². The molecule has 4 rings (SSSR count). The molecular formula is C24H29FN4O4. The third kappa shape index (κ3) is 5.66. The van der Waals surface area contributed by atoms with Crippen molar-refractivity contribution in [2.45, 2.75) is 18.9 Å². The number of nitro benzene ring substituents is 1. The van der Waals surface area contributed by atoms with Crippen LogP contribution < -0.4 is 10.2 Å². The molecule has 176 valence electrons. The molecule has 0 radical (unpaired) electrons. The molecule has 0 saturated carbocycles. The van der Waals surface area contributed by atoms with Gasteiger partial charge in [-0.3, -0.25) is 19.8 Å². The van der Waals surface area contributed by atoms with E-state index in [1.165, 1.54) is 18.2 Å². The number of carbonyl (C=O) groups excluding carboxylic acids is 1. The molecule has 0 bridgehead atoms. The molecule has 33 heavy (non-hydrogen) atoms. The number of nitrogens with one attached hydrogen (secondary N) is 1. The minimum absolute atomic E-state index is 0.00224. The van der Waals surface area contributed by atoms with Crippen LogP contribution in [0.25, 0.3) is 0 Å². The second-order valence-electron chi connectivity index (χ2n) is 8.47. The van der Waals surface area contributed by atoms with Gasteiger partial charge in [-0.05, 0) is 36.6 Å². The normalized spacial score (nSPS) is 18.6. The number of morpholine rings is 1. The van der Waals surface area contributed by atoms with Crippen molar-refractivity contribution in [2.24, 2.45) is 5.92 Å². The lowest BCUT2D eigenvalue weighted by Gasteiger charge is -2.36. The third-order valence-corrected chi connectivity index (χ3v) is 6.50. The second-order valence-corrected chi connectivity index (χ2v) is 8.47. The van der Waals surface area contributed by atoms with Gasteiger partial charge in [0.15, 0.2) is 0 Å². The van der Waals surface area contributed by atoms with E-state index in [0.717, 1.165) is 18.7 Å².